The van der Waals surface area contributed by atoms with E-state index in [1.807, 2.05) is 6.92 Å². The Morgan fingerprint density at radius 3 is 2.64 bits per heavy atom. The maximum atomic E-state index is 10.7. The van der Waals surface area contributed by atoms with Gasteiger partial charge in [-0.2, -0.15) is 0 Å². The number of hydrogen-bond donors (Lipinski definition) is 2. The van der Waals surface area contributed by atoms with Crippen molar-refractivity contribution in [1.82, 2.24) is 5.32 Å². The zero-order valence-corrected chi connectivity index (χ0v) is 7.36. The maximum absolute atomic E-state index is 10.7. The lowest BCUT2D eigenvalue weighted by atomic mass is 10.2. The summed E-state index contributed by atoms with van der Waals surface area (Å²) in [5.74, 6) is 0.152. The Morgan fingerprint density at radius 2 is 2.09 bits per heavy atom. The highest BCUT2D eigenvalue weighted by atomic mass is 16.1. The third-order valence-corrected chi connectivity index (χ3v) is 1.57. The summed E-state index contributed by atoms with van der Waals surface area (Å²) >= 11 is 0. The molecule has 0 aliphatic rings. The van der Waals surface area contributed by atoms with Crippen LogP contribution >= 0.6 is 0 Å². The molecule has 66 valence electrons. The Morgan fingerprint density at radius 1 is 1.36 bits per heavy atom. The predicted octanol–water partition coefficient (Wildman–Crippen LogP) is -0.0752. The maximum Gasteiger partial charge on any atom is 0.219 e. The fraction of sp³-hybridized carbons (Fsp3) is 0.875. The molecule has 1 amide bonds. The van der Waals surface area contributed by atoms with Crippen LogP contribution in [0.15, 0.2) is 0 Å². The second-order valence-electron chi connectivity index (χ2n) is 2.62. The van der Waals surface area contributed by atoms with Crippen molar-refractivity contribution < 1.29 is 10.5 Å². The monoisotopic (exact) mass is 159 g/mol. The van der Waals surface area contributed by atoms with Gasteiger partial charge in [-0.1, -0.05) is 6.92 Å². The average molecular weight is 159 g/mol. The van der Waals surface area contributed by atoms with Crippen LogP contribution < -0.4 is 11.1 Å². The Hall–Kier alpha value is -0.570. The largest absolute Gasteiger partial charge is 0.358 e. The van der Waals surface area contributed by atoms with Gasteiger partial charge < -0.3 is 11.1 Å². The van der Waals surface area contributed by atoms with Crippen LogP contribution in [0.25, 0.3) is 0 Å². The van der Waals surface area contributed by atoms with Crippen molar-refractivity contribution in [2.24, 2.45) is 0 Å². The van der Waals surface area contributed by atoms with Gasteiger partial charge in [0.1, 0.15) is 0 Å². The highest BCUT2D eigenvalue weighted by Gasteiger charge is 1.94. The smallest absolute Gasteiger partial charge is 0.219 e. The zero-order valence-electron chi connectivity index (χ0n) is 7.36. The number of nitrogens with one attached hydrogen (secondary N) is 1. The van der Waals surface area contributed by atoms with E-state index in [4.69, 9.17) is 0 Å². The highest BCUT2D eigenvalue weighted by Crippen LogP contribution is 1.90. The van der Waals surface area contributed by atoms with Gasteiger partial charge in [-0.25, -0.2) is 0 Å². The van der Waals surface area contributed by atoms with Crippen molar-refractivity contribution in [3.8, 4) is 0 Å². The first-order chi connectivity index (χ1) is 5.31. The molecule has 3 heteroatoms. The van der Waals surface area contributed by atoms with Crippen molar-refractivity contribution in [3.05, 3.63) is 0 Å². The second kappa shape index (κ2) is 7.54. The minimum atomic E-state index is 0.152. The first-order valence-electron chi connectivity index (χ1n) is 4.37. The SMILES string of the molecule is CCC(=O)NCCCCC[NH3+]. The molecular weight excluding hydrogens is 140 g/mol. The third-order valence-electron chi connectivity index (χ3n) is 1.57. The number of quaternary nitrogens is 1. The van der Waals surface area contributed by atoms with E-state index in [9.17, 15) is 4.79 Å². The summed E-state index contributed by atoms with van der Waals surface area (Å²) in [6, 6.07) is 0. The lowest BCUT2D eigenvalue weighted by molar-refractivity contribution is -0.368. The molecule has 0 spiro atoms. The minimum Gasteiger partial charge on any atom is -0.358 e. The molecule has 0 saturated heterocycles. The van der Waals surface area contributed by atoms with Crippen molar-refractivity contribution in [3.63, 3.8) is 0 Å². The molecule has 0 saturated carbocycles. The van der Waals surface area contributed by atoms with E-state index in [0.29, 0.717) is 6.42 Å². The summed E-state index contributed by atoms with van der Waals surface area (Å²) in [5, 5.41) is 2.83. The zero-order chi connectivity index (χ0) is 8.53. The first-order valence-corrected chi connectivity index (χ1v) is 4.37. The lowest BCUT2D eigenvalue weighted by Crippen LogP contribution is -2.50. The van der Waals surface area contributed by atoms with Crippen LogP contribution in [0.3, 0.4) is 0 Å². The topological polar surface area (TPSA) is 56.7 Å². The van der Waals surface area contributed by atoms with Crippen molar-refractivity contribution in [2.75, 3.05) is 13.1 Å². The van der Waals surface area contributed by atoms with Crippen LogP contribution in [0, 0.1) is 0 Å². The summed E-state index contributed by atoms with van der Waals surface area (Å²) in [6.45, 7) is 3.69. The Bertz CT molecular complexity index is 104. The Kier molecular flexibility index (Phi) is 7.15. The molecule has 0 aromatic rings. The molecule has 0 fully saturated rings. The van der Waals surface area contributed by atoms with Gasteiger partial charge in [0.25, 0.3) is 0 Å². The van der Waals surface area contributed by atoms with Crippen molar-refractivity contribution >= 4 is 5.91 Å². The van der Waals surface area contributed by atoms with Gasteiger partial charge in [0.15, 0.2) is 0 Å². The molecule has 0 unspecified atom stereocenters. The normalized spacial score (nSPS) is 9.64. The van der Waals surface area contributed by atoms with E-state index in [-0.39, 0.29) is 5.91 Å². The van der Waals surface area contributed by atoms with Crippen LogP contribution in [0.2, 0.25) is 0 Å². The number of hydrogen-bond acceptors (Lipinski definition) is 1. The fourth-order valence-corrected chi connectivity index (χ4v) is 0.831. The van der Waals surface area contributed by atoms with Gasteiger partial charge in [0.2, 0.25) is 5.91 Å². The molecule has 0 atom stereocenters. The molecule has 11 heavy (non-hydrogen) atoms. The summed E-state index contributed by atoms with van der Waals surface area (Å²) < 4.78 is 0. The molecule has 0 heterocycles. The Balaban J connectivity index is 2.95. The van der Waals surface area contributed by atoms with Gasteiger partial charge >= 0.3 is 0 Å². The van der Waals surface area contributed by atoms with E-state index in [0.717, 1.165) is 19.5 Å². The van der Waals surface area contributed by atoms with E-state index in [1.165, 1.54) is 12.8 Å². The van der Waals surface area contributed by atoms with Gasteiger partial charge in [0, 0.05) is 13.0 Å². The molecule has 0 radical (unpaired) electrons. The summed E-state index contributed by atoms with van der Waals surface area (Å²) in [6.07, 6.45) is 4.02. The molecule has 0 bridgehead atoms. The Labute approximate surface area is 68.3 Å². The molecule has 0 aromatic heterocycles. The summed E-state index contributed by atoms with van der Waals surface area (Å²) in [7, 11) is 0. The quantitative estimate of drug-likeness (QED) is 0.523. The molecule has 0 rings (SSSR count). The standard InChI is InChI=1S/C8H18N2O/c1-2-8(11)10-7-5-3-4-6-9/h2-7,9H2,1H3,(H,10,11)/p+1. The van der Waals surface area contributed by atoms with E-state index in [2.05, 4.69) is 11.1 Å². The first kappa shape index (κ1) is 10.4. The molecule has 4 N–H and O–H groups in total. The molecule has 3 nitrogen and oxygen atoms in total. The van der Waals surface area contributed by atoms with Crippen molar-refractivity contribution in [2.45, 2.75) is 32.6 Å². The predicted molar refractivity (Wildman–Crippen MR) is 44.9 cm³/mol. The minimum absolute atomic E-state index is 0.152. The summed E-state index contributed by atoms with van der Waals surface area (Å²) in [4.78, 5) is 10.7. The number of carbonyl (C=O) groups excluding carboxylic acids is 1. The van der Waals surface area contributed by atoms with Crippen LogP contribution in [0.5, 0.6) is 0 Å². The average Bonchev–Trinajstić information content (AvgIpc) is 2.04. The number of amides is 1. The highest BCUT2D eigenvalue weighted by molar-refractivity contribution is 5.75. The van der Waals surface area contributed by atoms with Crippen LogP contribution in [-0.4, -0.2) is 19.0 Å². The number of unbranched alkanes of at least 4 members (excludes halogenated alkanes) is 2. The van der Waals surface area contributed by atoms with Gasteiger partial charge in [-0.15, -0.1) is 0 Å². The van der Waals surface area contributed by atoms with E-state index >= 15 is 0 Å². The molecule has 0 aliphatic heterocycles. The summed E-state index contributed by atoms with van der Waals surface area (Å²) in [5.41, 5.74) is 3.75. The van der Waals surface area contributed by atoms with Crippen LogP contribution in [0.4, 0.5) is 0 Å². The van der Waals surface area contributed by atoms with E-state index in [1.54, 1.807) is 0 Å². The third kappa shape index (κ3) is 7.33. The fourth-order valence-electron chi connectivity index (χ4n) is 0.831. The van der Waals surface area contributed by atoms with Crippen LogP contribution in [-0.2, 0) is 4.79 Å². The van der Waals surface area contributed by atoms with Gasteiger partial charge in [-0.05, 0) is 19.3 Å². The molecule has 0 aromatic carbocycles. The van der Waals surface area contributed by atoms with Crippen LogP contribution in [0.1, 0.15) is 32.6 Å². The second-order valence-corrected chi connectivity index (χ2v) is 2.62. The molecule has 0 aliphatic carbocycles. The number of carbonyl (C=O) groups is 1. The van der Waals surface area contributed by atoms with Gasteiger partial charge in [0.05, 0.1) is 6.54 Å². The molecular formula is C8H19N2O+. The lowest BCUT2D eigenvalue weighted by Gasteiger charge is -2.01. The van der Waals surface area contributed by atoms with Crippen molar-refractivity contribution in [1.29, 1.82) is 0 Å². The van der Waals surface area contributed by atoms with Gasteiger partial charge in [-0.3, -0.25) is 4.79 Å². The number of rotatable bonds is 6. The van der Waals surface area contributed by atoms with E-state index < -0.39 is 0 Å².